The van der Waals surface area contributed by atoms with Crippen LogP contribution in [0.3, 0.4) is 0 Å². The standard InChI is InChI=1S/C24H24F6N2O3S/c1-2-36(34,35)31-22-20(32(12-24(22,29)30)23(33)14-8-16(26)9-14)10-13-4-3-5-17(21(13)28)18-11-15(25)6-7-19(18)27/h3-7,11,14,16,20,22,31H,2,8-10,12H2,1H3/t14?,16?,20-,22+/m0/s1. The minimum atomic E-state index is -4.15. The molecule has 0 radical (unpaired) electrons. The SMILES string of the molecule is CCS(=O)(=O)N[C@@H]1[C@H](Cc2cccc(-c3cc(F)ccc3F)c2F)N(C(=O)C2CC(F)C2)CC1(F)F. The molecule has 1 amide bonds. The average Bonchev–Trinajstić information content (AvgIpc) is 3.04. The van der Waals surface area contributed by atoms with Gasteiger partial charge in [-0.05, 0) is 49.9 Å². The van der Waals surface area contributed by atoms with Crippen LogP contribution in [0.25, 0.3) is 11.1 Å². The molecule has 1 aliphatic heterocycles. The highest BCUT2D eigenvalue weighted by atomic mass is 32.2. The van der Waals surface area contributed by atoms with Crippen LogP contribution in [-0.4, -0.2) is 55.7 Å². The number of carbonyl (C=O) groups excluding carboxylic acids is 1. The summed E-state index contributed by atoms with van der Waals surface area (Å²) in [7, 11) is -4.15. The van der Waals surface area contributed by atoms with Gasteiger partial charge >= 0.3 is 0 Å². The Morgan fingerprint density at radius 2 is 1.81 bits per heavy atom. The van der Waals surface area contributed by atoms with Crippen molar-refractivity contribution in [3.63, 3.8) is 0 Å². The van der Waals surface area contributed by atoms with E-state index < -0.39 is 82.2 Å². The number of halogens is 6. The fourth-order valence-corrected chi connectivity index (χ4v) is 5.56. The third-order valence-corrected chi connectivity index (χ3v) is 8.12. The molecule has 196 valence electrons. The number of hydrogen-bond donors (Lipinski definition) is 1. The first-order chi connectivity index (χ1) is 16.8. The summed E-state index contributed by atoms with van der Waals surface area (Å²) in [6.45, 7) is 0.125. The maximum atomic E-state index is 15.5. The second kappa shape index (κ2) is 9.70. The van der Waals surface area contributed by atoms with Crippen molar-refractivity contribution in [3.05, 3.63) is 59.4 Å². The molecule has 2 aliphatic rings. The van der Waals surface area contributed by atoms with Gasteiger partial charge in [-0.15, -0.1) is 0 Å². The largest absolute Gasteiger partial charge is 0.331 e. The topological polar surface area (TPSA) is 66.5 Å². The quantitative estimate of drug-likeness (QED) is 0.542. The summed E-state index contributed by atoms with van der Waals surface area (Å²) in [5, 5.41) is 0. The Balaban J connectivity index is 1.73. The van der Waals surface area contributed by atoms with Gasteiger partial charge in [0, 0.05) is 17.0 Å². The minimum Gasteiger partial charge on any atom is -0.331 e. The molecule has 2 fully saturated rings. The first-order valence-electron chi connectivity index (χ1n) is 11.4. The van der Waals surface area contributed by atoms with Gasteiger partial charge in [0.1, 0.15) is 29.7 Å². The van der Waals surface area contributed by atoms with Crippen LogP contribution in [-0.2, 0) is 21.2 Å². The van der Waals surface area contributed by atoms with E-state index in [2.05, 4.69) is 0 Å². The lowest BCUT2D eigenvalue weighted by Crippen LogP contribution is -2.53. The van der Waals surface area contributed by atoms with Crippen LogP contribution in [0.4, 0.5) is 26.3 Å². The zero-order valence-corrected chi connectivity index (χ0v) is 20.0. The van der Waals surface area contributed by atoms with E-state index in [1.807, 2.05) is 4.72 Å². The zero-order valence-electron chi connectivity index (χ0n) is 19.2. The molecular weight excluding hydrogens is 510 g/mol. The lowest BCUT2D eigenvalue weighted by atomic mass is 9.82. The number of sulfonamides is 1. The second-order valence-corrected chi connectivity index (χ2v) is 11.2. The number of amides is 1. The maximum Gasteiger partial charge on any atom is 0.283 e. The molecule has 0 aromatic heterocycles. The number of carbonyl (C=O) groups is 1. The van der Waals surface area contributed by atoms with Crippen molar-refractivity contribution in [2.45, 2.75) is 50.4 Å². The van der Waals surface area contributed by atoms with Gasteiger partial charge in [-0.2, -0.15) is 0 Å². The molecule has 36 heavy (non-hydrogen) atoms. The highest BCUT2D eigenvalue weighted by Gasteiger charge is 2.58. The molecular formula is C24H24F6N2O3S. The Kier molecular flexibility index (Phi) is 7.13. The van der Waals surface area contributed by atoms with E-state index in [-0.39, 0.29) is 29.5 Å². The summed E-state index contributed by atoms with van der Waals surface area (Å²) in [5.41, 5.74) is -0.905. The number of nitrogens with zero attached hydrogens (tertiary/aromatic N) is 1. The van der Waals surface area contributed by atoms with Crippen LogP contribution in [0, 0.1) is 23.4 Å². The van der Waals surface area contributed by atoms with Crippen LogP contribution in [0.2, 0.25) is 0 Å². The monoisotopic (exact) mass is 534 g/mol. The summed E-state index contributed by atoms with van der Waals surface area (Å²) < 4.78 is 113. The van der Waals surface area contributed by atoms with E-state index in [1.54, 1.807) is 0 Å². The first kappa shape index (κ1) is 26.5. The van der Waals surface area contributed by atoms with Gasteiger partial charge in [0.25, 0.3) is 5.92 Å². The number of benzene rings is 2. The summed E-state index contributed by atoms with van der Waals surface area (Å²) in [4.78, 5) is 13.7. The molecule has 2 aromatic rings. The molecule has 12 heteroatoms. The van der Waals surface area contributed by atoms with Crippen molar-refractivity contribution >= 4 is 15.9 Å². The molecule has 0 bridgehead atoms. The fourth-order valence-electron chi connectivity index (χ4n) is 4.67. The van der Waals surface area contributed by atoms with Crippen LogP contribution < -0.4 is 4.72 Å². The smallest absolute Gasteiger partial charge is 0.283 e. The average molecular weight is 535 g/mol. The van der Waals surface area contributed by atoms with E-state index in [9.17, 15) is 26.4 Å². The number of alkyl halides is 3. The molecule has 5 nitrogen and oxygen atoms in total. The maximum absolute atomic E-state index is 15.5. The van der Waals surface area contributed by atoms with Crippen molar-refractivity contribution in [2.75, 3.05) is 12.3 Å². The van der Waals surface area contributed by atoms with Gasteiger partial charge < -0.3 is 4.90 Å². The van der Waals surface area contributed by atoms with E-state index in [1.165, 1.54) is 25.1 Å². The number of nitrogens with one attached hydrogen (secondary N) is 1. The van der Waals surface area contributed by atoms with E-state index in [4.69, 9.17) is 0 Å². The van der Waals surface area contributed by atoms with Crippen molar-refractivity contribution in [3.8, 4) is 11.1 Å². The number of rotatable bonds is 7. The van der Waals surface area contributed by atoms with Gasteiger partial charge in [-0.25, -0.2) is 39.5 Å². The van der Waals surface area contributed by atoms with Crippen LogP contribution in [0.1, 0.15) is 25.3 Å². The van der Waals surface area contributed by atoms with E-state index in [0.717, 1.165) is 23.1 Å². The Morgan fingerprint density at radius 3 is 2.44 bits per heavy atom. The Labute approximate surface area is 204 Å². The molecule has 1 aliphatic carbocycles. The lowest BCUT2D eigenvalue weighted by molar-refractivity contribution is -0.142. The highest BCUT2D eigenvalue weighted by molar-refractivity contribution is 7.89. The molecule has 1 saturated carbocycles. The van der Waals surface area contributed by atoms with Crippen LogP contribution in [0.15, 0.2) is 36.4 Å². The third-order valence-electron chi connectivity index (χ3n) is 6.75. The summed E-state index contributed by atoms with van der Waals surface area (Å²) in [5.74, 6) is -8.54. The van der Waals surface area contributed by atoms with E-state index in [0.29, 0.717) is 0 Å². The minimum absolute atomic E-state index is 0.137. The lowest BCUT2D eigenvalue weighted by Gasteiger charge is -2.35. The summed E-state index contributed by atoms with van der Waals surface area (Å²) >= 11 is 0. The summed E-state index contributed by atoms with van der Waals surface area (Å²) in [6.07, 6.45) is -2.05. The molecule has 1 N–H and O–H groups in total. The Morgan fingerprint density at radius 1 is 1.11 bits per heavy atom. The second-order valence-electron chi connectivity index (χ2n) is 9.17. The summed E-state index contributed by atoms with van der Waals surface area (Å²) in [6, 6.07) is 2.65. The molecule has 1 saturated heterocycles. The zero-order chi connectivity index (χ0) is 26.4. The molecule has 0 unspecified atom stereocenters. The van der Waals surface area contributed by atoms with Crippen LogP contribution in [0.5, 0.6) is 0 Å². The molecule has 0 spiro atoms. The van der Waals surface area contributed by atoms with Gasteiger partial charge in [0.2, 0.25) is 15.9 Å². The molecule has 4 rings (SSSR count). The number of likely N-dealkylation sites (tertiary alicyclic amines) is 1. The van der Waals surface area contributed by atoms with Gasteiger partial charge in [-0.3, -0.25) is 4.79 Å². The highest BCUT2D eigenvalue weighted by Crippen LogP contribution is 2.40. The fraction of sp³-hybridized carbons (Fsp3) is 0.458. The predicted octanol–water partition coefficient (Wildman–Crippen LogP) is 4.22. The van der Waals surface area contributed by atoms with Crippen molar-refractivity contribution in [1.82, 2.24) is 9.62 Å². The van der Waals surface area contributed by atoms with Crippen molar-refractivity contribution in [2.24, 2.45) is 5.92 Å². The molecule has 2 atom stereocenters. The Bertz CT molecular complexity index is 1270. The van der Waals surface area contributed by atoms with Gasteiger partial charge in [0.15, 0.2) is 0 Å². The molecule has 2 aromatic carbocycles. The number of hydrogen-bond acceptors (Lipinski definition) is 3. The molecule has 1 heterocycles. The van der Waals surface area contributed by atoms with Crippen molar-refractivity contribution in [1.29, 1.82) is 0 Å². The normalized spacial score (nSPS) is 25.6. The van der Waals surface area contributed by atoms with E-state index >= 15 is 13.2 Å². The van der Waals surface area contributed by atoms with Crippen molar-refractivity contribution < 1.29 is 39.6 Å². The Hall–Kier alpha value is -2.60. The van der Waals surface area contributed by atoms with Gasteiger partial charge in [-0.1, -0.05) is 18.2 Å². The van der Waals surface area contributed by atoms with Gasteiger partial charge in [0.05, 0.1) is 18.3 Å². The van der Waals surface area contributed by atoms with Crippen LogP contribution >= 0.6 is 0 Å². The predicted molar refractivity (Wildman–Crippen MR) is 120 cm³/mol. The first-order valence-corrected chi connectivity index (χ1v) is 13.0. The third kappa shape index (κ3) is 5.10.